The summed E-state index contributed by atoms with van der Waals surface area (Å²) in [6, 6.07) is 6.17. The summed E-state index contributed by atoms with van der Waals surface area (Å²) in [4.78, 5) is 2.41. The first kappa shape index (κ1) is 19.8. The monoisotopic (exact) mass is 322 g/mol. The first-order valence-corrected chi connectivity index (χ1v) is 8.67. The van der Waals surface area contributed by atoms with Gasteiger partial charge in [0.15, 0.2) is 11.5 Å². The molecule has 0 aliphatic carbocycles. The van der Waals surface area contributed by atoms with Crippen LogP contribution in [-0.2, 0) is 0 Å². The molecular formula is C19H34N2O2. The fourth-order valence-electron chi connectivity index (χ4n) is 3.01. The molecule has 0 radical (unpaired) electrons. The van der Waals surface area contributed by atoms with E-state index >= 15 is 0 Å². The van der Waals surface area contributed by atoms with Crippen LogP contribution >= 0.6 is 0 Å². The van der Waals surface area contributed by atoms with Crippen molar-refractivity contribution in [3.05, 3.63) is 23.8 Å². The van der Waals surface area contributed by atoms with E-state index in [0.29, 0.717) is 13.2 Å². The van der Waals surface area contributed by atoms with Gasteiger partial charge in [-0.15, -0.1) is 0 Å². The molecule has 1 aromatic rings. The topological polar surface area (TPSA) is 47.7 Å². The first-order valence-electron chi connectivity index (χ1n) is 8.67. The van der Waals surface area contributed by atoms with E-state index in [9.17, 15) is 0 Å². The van der Waals surface area contributed by atoms with Gasteiger partial charge in [-0.2, -0.15) is 0 Å². The number of unbranched alkanes of at least 4 members (excludes halogenated alkanes) is 1. The van der Waals surface area contributed by atoms with E-state index in [1.807, 2.05) is 12.1 Å². The van der Waals surface area contributed by atoms with Crippen LogP contribution in [0.3, 0.4) is 0 Å². The van der Waals surface area contributed by atoms with Crippen molar-refractivity contribution in [2.45, 2.75) is 59.0 Å². The van der Waals surface area contributed by atoms with Crippen LogP contribution in [0, 0.1) is 0 Å². The number of hydrogen-bond donors (Lipinski definition) is 1. The molecule has 1 unspecified atom stereocenters. The molecule has 0 aliphatic rings. The Morgan fingerprint density at radius 2 is 1.91 bits per heavy atom. The minimum Gasteiger partial charge on any atom is -0.493 e. The van der Waals surface area contributed by atoms with Gasteiger partial charge in [0.05, 0.1) is 19.8 Å². The van der Waals surface area contributed by atoms with Crippen molar-refractivity contribution in [3.63, 3.8) is 0 Å². The SMILES string of the molecule is CCCCOc1c(OC)cccc1C(CN)N(CC)C(C)(C)C. The molecule has 0 bridgehead atoms. The van der Waals surface area contributed by atoms with E-state index in [2.05, 4.69) is 45.6 Å². The number of nitrogens with zero attached hydrogens (tertiary/aromatic N) is 1. The smallest absolute Gasteiger partial charge is 0.165 e. The lowest BCUT2D eigenvalue weighted by molar-refractivity contribution is 0.0896. The quantitative estimate of drug-likeness (QED) is 0.698. The molecule has 0 amide bonds. The highest BCUT2D eigenvalue weighted by molar-refractivity contribution is 5.48. The summed E-state index contributed by atoms with van der Waals surface area (Å²) in [7, 11) is 1.69. The van der Waals surface area contributed by atoms with Gasteiger partial charge < -0.3 is 15.2 Å². The molecule has 0 saturated heterocycles. The third-order valence-corrected chi connectivity index (χ3v) is 4.13. The Balaban J connectivity index is 3.25. The molecule has 0 aliphatic heterocycles. The minimum atomic E-state index is 0.0303. The average molecular weight is 322 g/mol. The molecule has 23 heavy (non-hydrogen) atoms. The predicted octanol–water partition coefficient (Wildman–Crippen LogP) is 3.99. The maximum atomic E-state index is 6.16. The van der Waals surface area contributed by atoms with Gasteiger partial charge in [0.1, 0.15) is 0 Å². The van der Waals surface area contributed by atoms with Crippen LogP contribution in [0.15, 0.2) is 18.2 Å². The van der Waals surface area contributed by atoms with E-state index in [4.69, 9.17) is 15.2 Å². The minimum absolute atomic E-state index is 0.0303. The summed E-state index contributed by atoms with van der Waals surface area (Å²) in [5.74, 6) is 1.61. The van der Waals surface area contributed by atoms with Crippen molar-refractivity contribution in [1.82, 2.24) is 4.90 Å². The second kappa shape index (κ2) is 9.14. The maximum Gasteiger partial charge on any atom is 0.165 e. The lowest BCUT2D eigenvalue weighted by Crippen LogP contribution is -2.46. The largest absolute Gasteiger partial charge is 0.493 e. The summed E-state index contributed by atoms with van der Waals surface area (Å²) < 4.78 is 11.6. The van der Waals surface area contributed by atoms with Crippen molar-refractivity contribution >= 4 is 0 Å². The summed E-state index contributed by atoms with van der Waals surface area (Å²) in [6.07, 6.45) is 2.13. The third kappa shape index (κ3) is 5.11. The van der Waals surface area contributed by atoms with Crippen molar-refractivity contribution in [2.24, 2.45) is 5.73 Å². The molecule has 4 heteroatoms. The maximum absolute atomic E-state index is 6.16. The van der Waals surface area contributed by atoms with Gasteiger partial charge >= 0.3 is 0 Å². The van der Waals surface area contributed by atoms with Crippen LogP contribution in [0.4, 0.5) is 0 Å². The molecule has 4 nitrogen and oxygen atoms in total. The summed E-state index contributed by atoms with van der Waals surface area (Å²) in [5, 5.41) is 0. The van der Waals surface area contributed by atoms with E-state index in [0.717, 1.165) is 36.4 Å². The number of hydrogen-bond acceptors (Lipinski definition) is 4. The van der Waals surface area contributed by atoms with Crippen LogP contribution in [0.1, 0.15) is 59.1 Å². The molecule has 132 valence electrons. The number of benzene rings is 1. The fraction of sp³-hybridized carbons (Fsp3) is 0.684. The van der Waals surface area contributed by atoms with Crippen LogP contribution in [0.5, 0.6) is 11.5 Å². The van der Waals surface area contributed by atoms with Crippen molar-refractivity contribution in [3.8, 4) is 11.5 Å². The van der Waals surface area contributed by atoms with Gasteiger partial charge in [-0.25, -0.2) is 0 Å². The lowest BCUT2D eigenvalue weighted by Gasteiger charge is -2.41. The van der Waals surface area contributed by atoms with Crippen LogP contribution < -0.4 is 15.2 Å². The molecule has 1 aromatic carbocycles. The van der Waals surface area contributed by atoms with Gasteiger partial charge in [0.25, 0.3) is 0 Å². The summed E-state index contributed by atoms with van der Waals surface area (Å²) in [6.45, 7) is 13.2. The molecular weight excluding hydrogens is 288 g/mol. The number of rotatable bonds is 9. The van der Waals surface area contributed by atoms with Crippen molar-refractivity contribution < 1.29 is 9.47 Å². The zero-order chi connectivity index (χ0) is 17.5. The highest BCUT2D eigenvalue weighted by atomic mass is 16.5. The first-order chi connectivity index (χ1) is 10.9. The Bertz CT molecular complexity index is 469. The highest BCUT2D eigenvalue weighted by Crippen LogP contribution is 2.38. The average Bonchev–Trinajstić information content (AvgIpc) is 2.51. The molecule has 1 rings (SSSR count). The summed E-state index contributed by atoms with van der Waals surface area (Å²) >= 11 is 0. The number of para-hydroxylation sites is 1. The van der Waals surface area contributed by atoms with Gasteiger partial charge in [0, 0.05) is 17.6 Å². The van der Waals surface area contributed by atoms with Crippen molar-refractivity contribution in [1.29, 1.82) is 0 Å². The van der Waals surface area contributed by atoms with E-state index in [1.54, 1.807) is 7.11 Å². The van der Waals surface area contributed by atoms with Crippen LogP contribution in [0.2, 0.25) is 0 Å². The van der Waals surface area contributed by atoms with Crippen LogP contribution in [0.25, 0.3) is 0 Å². The highest BCUT2D eigenvalue weighted by Gasteiger charge is 2.30. The Morgan fingerprint density at radius 1 is 1.22 bits per heavy atom. The standard InChI is InChI=1S/C19H34N2O2/c1-7-9-13-23-18-15(11-10-12-17(18)22-6)16(14-20)21(8-2)19(3,4)5/h10-12,16H,7-9,13-14,20H2,1-6H3. The van der Waals surface area contributed by atoms with Gasteiger partial charge in [-0.3, -0.25) is 4.90 Å². The number of nitrogens with two attached hydrogens (primary N) is 1. The Kier molecular flexibility index (Phi) is 7.86. The fourth-order valence-corrected chi connectivity index (χ4v) is 3.01. The normalized spacial score (nSPS) is 13.2. The number of methoxy groups -OCH3 is 1. The molecule has 0 heterocycles. The summed E-state index contributed by atoms with van der Waals surface area (Å²) in [5.41, 5.74) is 7.30. The third-order valence-electron chi connectivity index (χ3n) is 4.13. The molecule has 1 atom stereocenters. The lowest BCUT2D eigenvalue weighted by atomic mass is 9.97. The number of likely N-dealkylation sites (N-methyl/N-ethyl adjacent to an activating group) is 1. The van der Waals surface area contributed by atoms with Crippen LogP contribution in [-0.4, -0.2) is 37.2 Å². The Labute approximate surface area is 142 Å². The van der Waals surface area contributed by atoms with Gasteiger partial charge in [-0.1, -0.05) is 32.4 Å². The van der Waals surface area contributed by atoms with E-state index in [1.165, 1.54) is 0 Å². The molecule has 0 saturated carbocycles. The predicted molar refractivity (Wildman–Crippen MR) is 97.3 cm³/mol. The van der Waals surface area contributed by atoms with E-state index < -0.39 is 0 Å². The zero-order valence-corrected chi connectivity index (χ0v) is 15.7. The van der Waals surface area contributed by atoms with Gasteiger partial charge in [0.2, 0.25) is 0 Å². The Hall–Kier alpha value is -1.26. The molecule has 0 fully saturated rings. The molecule has 0 aromatic heterocycles. The Morgan fingerprint density at radius 3 is 2.39 bits per heavy atom. The molecule has 0 spiro atoms. The van der Waals surface area contributed by atoms with Gasteiger partial charge in [-0.05, 0) is 39.8 Å². The van der Waals surface area contributed by atoms with E-state index in [-0.39, 0.29) is 11.6 Å². The molecule has 2 N–H and O–H groups in total. The second-order valence-electron chi connectivity index (χ2n) is 6.79. The zero-order valence-electron chi connectivity index (χ0n) is 15.7. The number of ether oxygens (including phenoxy) is 2. The van der Waals surface area contributed by atoms with Crippen molar-refractivity contribution in [2.75, 3.05) is 26.8 Å². The second-order valence-corrected chi connectivity index (χ2v) is 6.79.